The van der Waals surface area contributed by atoms with Crippen molar-refractivity contribution in [3.05, 3.63) is 68.5 Å². The number of thiazole rings is 1. The van der Waals surface area contributed by atoms with Crippen LogP contribution in [0.4, 0.5) is 5.69 Å². The number of allylic oxidation sites excluding steroid dienone is 1. The summed E-state index contributed by atoms with van der Waals surface area (Å²) in [7, 11) is 0. The van der Waals surface area contributed by atoms with Crippen LogP contribution in [-0.2, 0) is 0 Å². The van der Waals surface area contributed by atoms with Gasteiger partial charge in [-0.1, -0.05) is 36.4 Å². The fourth-order valence-electron chi connectivity index (χ4n) is 3.05. The molecule has 0 fully saturated rings. The summed E-state index contributed by atoms with van der Waals surface area (Å²) in [5, 5.41) is 10.8. The molecule has 124 valence electrons. The monoisotopic (exact) mass is 364 g/mol. The SMILES string of the molecule is CC1=Nc2ccccc2C1=Cc1sc(=S)n(-c2ccccc2C)c1O. The second-order valence-corrected chi connectivity index (χ2v) is 7.63. The zero-order valence-corrected chi connectivity index (χ0v) is 15.5. The van der Waals surface area contributed by atoms with E-state index < -0.39 is 0 Å². The topological polar surface area (TPSA) is 37.5 Å². The second-order valence-electron chi connectivity index (χ2n) is 5.95. The Morgan fingerprint density at radius 1 is 1.08 bits per heavy atom. The summed E-state index contributed by atoms with van der Waals surface area (Å²) in [6.45, 7) is 4.00. The second kappa shape index (κ2) is 6.10. The van der Waals surface area contributed by atoms with E-state index in [4.69, 9.17) is 12.2 Å². The first kappa shape index (κ1) is 16.0. The minimum absolute atomic E-state index is 0.175. The van der Waals surface area contributed by atoms with Gasteiger partial charge in [0.1, 0.15) is 0 Å². The third-order valence-corrected chi connectivity index (χ3v) is 5.63. The number of aromatic nitrogens is 1. The molecule has 0 unspecified atom stereocenters. The van der Waals surface area contributed by atoms with Gasteiger partial charge in [-0.3, -0.25) is 9.56 Å². The van der Waals surface area contributed by atoms with Gasteiger partial charge in [-0.05, 0) is 49.8 Å². The Hall–Kier alpha value is -2.50. The molecule has 1 aromatic heterocycles. The maximum absolute atomic E-state index is 10.8. The lowest BCUT2D eigenvalue weighted by Crippen LogP contribution is -1.96. The lowest BCUT2D eigenvalue weighted by Gasteiger charge is -2.08. The molecule has 1 aliphatic heterocycles. The highest BCUT2D eigenvalue weighted by Gasteiger charge is 2.19. The predicted molar refractivity (Wildman–Crippen MR) is 108 cm³/mol. The number of para-hydroxylation sites is 2. The number of hydrogen-bond donors (Lipinski definition) is 1. The highest BCUT2D eigenvalue weighted by atomic mass is 32.1. The number of fused-ring (bicyclic) bond motifs is 1. The molecule has 1 N–H and O–H groups in total. The largest absolute Gasteiger partial charge is 0.493 e. The lowest BCUT2D eigenvalue weighted by atomic mass is 10.0. The minimum Gasteiger partial charge on any atom is -0.493 e. The zero-order valence-electron chi connectivity index (χ0n) is 13.9. The summed E-state index contributed by atoms with van der Waals surface area (Å²) < 4.78 is 2.36. The fourth-order valence-corrected chi connectivity index (χ4v) is 4.33. The third kappa shape index (κ3) is 2.65. The van der Waals surface area contributed by atoms with Crippen molar-refractivity contribution in [1.29, 1.82) is 0 Å². The van der Waals surface area contributed by atoms with Crippen LogP contribution in [-0.4, -0.2) is 15.4 Å². The van der Waals surface area contributed by atoms with E-state index in [1.54, 1.807) is 4.57 Å². The van der Waals surface area contributed by atoms with E-state index in [-0.39, 0.29) is 5.88 Å². The van der Waals surface area contributed by atoms with Crippen LogP contribution in [0.1, 0.15) is 22.9 Å². The third-order valence-electron chi connectivity index (χ3n) is 4.32. The molecule has 0 atom stereocenters. The highest BCUT2D eigenvalue weighted by Crippen LogP contribution is 2.39. The van der Waals surface area contributed by atoms with Crippen molar-refractivity contribution < 1.29 is 5.11 Å². The molecule has 3 aromatic rings. The van der Waals surface area contributed by atoms with E-state index in [0.717, 1.165) is 38.7 Å². The Labute approximate surface area is 155 Å². The molecule has 0 spiro atoms. The average Bonchev–Trinajstić information content (AvgIpc) is 3.06. The molecular formula is C20H16N2OS2. The van der Waals surface area contributed by atoms with Crippen molar-refractivity contribution in [3.63, 3.8) is 0 Å². The van der Waals surface area contributed by atoms with Gasteiger partial charge in [0.2, 0.25) is 5.88 Å². The maximum atomic E-state index is 10.8. The summed E-state index contributed by atoms with van der Waals surface area (Å²) in [4.78, 5) is 5.34. The van der Waals surface area contributed by atoms with Crippen molar-refractivity contribution in [3.8, 4) is 11.6 Å². The normalized spacial score (nSPS) is 14.6. The Morgan fingerprint density at radius 2 is 1.80 bits per heavy atom. The molecule has 2 aromatic carbocycles. The van der Waals surface area contributed by atoms with E-state index in [1.807, 2.05) is 62.4 Å². The molecule has 3 nitrogen and oxygen atoms in total. The van der Waals surface area contributed by atoms with Crippen molar-refractivity contribution in [2.24, 2.45) is 4.99 Å². The fraction of sp³-hybridized carbons (Fsp3) is 0.100. The molecule has 4 rings (SSSR count). The van der Waals surface area contributed by atoms with Crippen molar-refractivity contribution >= 4 is 46.6 Å². The first-order valence-corrected chi connectivity index (χ1v) is 9.16. The van der Waals surface area contributed by atoms with Crippen LogP contribution in [0.2, 0.25) is 0 Å². The molecule has 0 radical (unpaired) electrons. The summed E-state index contributed by atoms with van der Waals surface area (Å²) in [5.41, 5.74) is 5.99. The van der Waals surface area contributed by atoms with E-state index in [1.165, 1.54) is 11.3 Å². The van der Waals surface area contributed by atoms with Crippen molar-refractivity contribution in [2.45, 2.75) is 13.8 Å². The van der Waals surface area contributed by atoms with Gasteiger partial charge in [0, 0.05) is 16.8 Å². The Kier molecular flexibility index (Phi) is 3.90. The minimum atomic E-state index is 0.175. The van der Waals surface area contributed by atoms with Crippen LogP contribution in [0, 0.1) is 10.9 Å². The van der Waals surface area contributed by atoms with Gasteiger partial charge in [-0.25, -0.2) is 0 Å². The van der Waals surface area contributed by atoms with Crippen molar-refractivity contribution in [1.82, 2.24) is 4.57 Å². The molecule has 0 saturated carbocycles. The van der Waals surface area contributed by atoms with Gasteiger partial charge in [-0.2, -0.15) is 0 Å². The van der Waals surface area contributed by atoms with Crippen LogP contribution in [0.25, 0.3) is 17.3 Å². The van der Waals surface area contributed by atoms with Crippen molar-refractivity contribution in [2.75, 3.05) is 0 Å². The molecule has 0 aliphatic carbocycles. The number of rotatable bonds is 2. The summed E-state index contributed by atoms with van der Waals surface area (Å²) >= 11 is 6.92. The number of aryl methyl sites for hydroxylation is 1. The number of aliphatic imine (C=N–C) groups is 1. The summed E-state index contributed by atoms with van der Waals surface area (Å²) in [6, 6.07) is 15.9. The van der Waals surface area contributed by atoms with Gasteiger partial charge in [0.25, 0.3) is 0 Å². The Bertz CT molecular complexity index is 1100. The maximum Gasteiger partial charge on any atom is 0.215 e. The molecule has 0 amide bonds. The van der Waals surface area contributed by atoms with E-state index >= 15 is 0 Å². The molecule has 0 bridgehead atoms. The molecule has 5 heteroatoms. The van der Waals surface area contributed by atoms with Crippen LogP contribution in [0.15, 0.2) is 53.5 Å². The Balaban J connectivity index is 1.87. The molecule has 25 heavy (non-hydrogen) atoms. The highest BCUT2D eigenvalue weighted by molar-refractivity contribution is 7.73. The van der Waals surface area contributed by atoms with Crippen LogP contribution in [0.5, 0.6) is 5.88 Å². The number of nitrogens with zero attached hydrogens (tertiary/aromatic N) is 2. The zero-order chi connectivity index (χ0) is 17.6. The van der Waals surface area contributed by atoms with E-state index in [0.29, 0.717) is 3.95 Å². The standard InChI is InChI=1S/C20H16N2OS2/c1-12-7-3-6-10-17(12)22-19(23)18(25-20(22)24)11-15-13(2)21-16-9-5-4-8-14(15)16/h3-11,23H,1-2H3. The summed E-state index contributed by atoms with van der Waals surface area (Å²) in [6.07, 6.45) is 1.98. The van der Waals surface area contributed by atoms with Crippen LogP contribution < -0.4 is 0 Å². The van der Waals surface area contributed by atoms with E-state index in [9.17, 15) is 5.11 Å². The predicted octanol–water partition coefficient (Wildman–Crippen LogP) is 5.93. The summed E-state index contributed by atoms with van der Waals surface area (Å²) in [5.74, 6) is 0.175. The Morgan fingerprint density at radius 3 is 2.60 bits per heavy atom. The number of benzene rings is 2. The van der Waals surface area contributed by atoms with Crippen LogP contribution >= 0.6 is 23.6 Å². The first-order valence-electron chi connectivity index (χ1n) is 7.94. The average molecular weight is 364 g/mol. The lowest BCUT2D eigenvalue weighted by molar-refractivity contribution is 0.441. The first-order chi connectivity index (χ1) is 12.1. The number of hydrogen-bond acceptors (Lipinski definition) is 4. The van der Waals surface area contributed by atoms with Gasteiger partial charge in [0.15, 0.2) is 3.95 Å². The van der Waals surface area contributed by atoms with E-state index in [2.05, 4.69) is 11.1 Å². The smallest absolute Gasteiger partial charge is 0.215 e. The van der Waals surface area contributed by atoms with Gasteiger partial charge in [-0.15, -0.1) is 11.3 Å². The van der Waals surface area contributed by atoms with Gasteiger partial charge in [0.05, 0.1) is 16.3 Å². The quantitative estimate of drug-likeness (QED) is 0.572. The molecule has 2 heterocycles. The van der Waals surface area contributed by atoms with Gasteiger partial charge >= 0.3 is 0 Å². The van der Waals surface area contributed by atoms with Gasteiger partial charge < -0.3 is 5.11 Å². The molecular weight excluding hydrogens is 348 g/mol. The van der Waals surface area contributed by atoms with Crippen LogP contribution in [0.3, 0.4) is 0 Å². The number of aromatic hydroxyl groups is 1. The molecule has 1 aliphatic rings. The molecule has 0 saturated heterocycles.